The van der Waals surface area contributed by atoms with Crippen LogP contribution in [0.25, 0.3) is 11.1 Å². The highest BCUT2D eigenvalue weighted by Crippen LogP contribution is 2.22. The predicted octanol–water partition coefficient (Wildman–Crippen LogP) is 5.72. The standard InChI is InChI=1S/C28H32N2O2/c1-3-4-6-14-26(31)30-27(28(32)29-20-22-11-9-10-21(2)19-22)25-17-15-24(16-18-25)23-12-7-5-8-13-23/h5,7-13,15-19,27H,3-4,6,14,20H2,1-2H3,(H,29,32)(H,30,31). The molecule has 0 aliphatic carbocycles. The summed E-state index contributed by atoms with van der Waals surface area (Å²) in [5.41, 5.74) is 5.14. The molecule has 32 heavy (non-hydrogen) atoms. The second-order valence-electron chi connectivity index (χ2n) is 8.15. The van der Waals surface area contributed by atoms with Gasteiger partial charge >= 0.3 is 0 Å². The first-order valence-corrected chi connectivity index (χ1v) is 11.3. The summed E-state index contributed by atoms with van der Waals surface area (Å²) < 4.78 is 0. The van der Waals surface area contributed by atoms with Gasteiger partial charge in [-0.3, -0.25) is 9.59 Å². The van der Waals surface area contributed by atoms with Gasteiger partial charge in [0.1, 0.15) is 6.04 Å². The van der Waals surface area contributed by atoms with Gasteiger partial charge in [0.05, 0.1) is 0 Å². The van der Waals surface area contributed by atoms with Crippen molar-refractivity contribution in [2.45, 2.75) is 52.1 Å². The molecule has 0 saturated heterocycles. The number of rotatable bonds is 10. The van der Waals surface area contributed by atoms with Gasteiger partial charge in [0.25, 0.3) is 0 Å². The number of carbonyl (C=O) groups excluding carboxylic acids is 2. The molecule has 1 atom stereocenters. The number of aryl methyl sites for hydroxylation is 1. The van der Waals surface area contributed by atoms with Gasteiger partial charge in [-0.2, -0.15) is 0 Å². The van der Waals surface area contributed by atoms with Gasteiger partial charge in [-0.1, -0.05) is 104 Å². The zero-order chi connectivity index (χ0) is 22.8. The van der Waals surface area contributed by atoms with Gasteiger partial charge in [-0.15, -0.1) is 0 Å². The Labute approximate surface area is 191 Å². The van der Waals surface area contributed by atoms with Crippen LogP contribution in [0.4, 0.5) is 0 Å². The van der Waals surface area contributed by atoms with E-state index < -0.39 is 6.04 Å². The van der Waals surface area contributed by atoms with Gasteiger partial charge < -0.3 is 10.6 Å². The Morgan fingerprint density at radius 1 is 0.844 bits per heavy atom. The number of benzene rings is 3. The summed E-state index contributed by atoms with van der Waals surface area (Å²) in [6.07, 6.45) is 3.31. The maximum atomic E-state index is 13.1. The van der Waals surface area contributed by atoms with Crippen molar-refractivity contribution in [3.05, 3.63) is 95.6 Å². The van der Waals surface area contributed by atoms with Crippen molar-refractivity contribution in [3.8, 4) is 11.1 Å². The lowest BCUT2D eigenvalue weighted by atomic mass is 10.00. The number of carbonyl (C=O) groups is 2. The number of amides is 2. The van der Waals surface area contributed by atoms with Crippen LogP contribution >= 0.6 is 0 Å². The van der Waals surface area contributed by atoms with Crippen LogP contribution in [0.2, 0.25) is 0 Å². The number of hydrogen-bond donors (Lipinski definition) is 2. The van der Waals surface area contributed by atoms with E-state index >= 15 is 0 Å². The molecule has 0 fully saturated rings. The lowest BCUT2D eigenvalue weighted by Crippen LogP contribution is -2.40. The molecular formula is C28H32N2O2. The Morgan fingerprint density at radius 3 is 2.25 bits per heavy atom. The van der Waals surface area contributed by atoms with Crippen LogP contribution in [0.1, 0.15) is 55.3 Å². The molecule has 3 aromatic rings. The van der Waals surface area contributed by atoms with E-state index in [0.29, 0.717) is 13.0 Å². The second-order valence-corrected chi connectivity index (χ2v) is 8.15. The fraction of sp³-hybridized carbons (Fsp3) is 0.286. The molecule has 0 heterocycles. The summed E-state index contributed by atoms with van der Waals surface area (Å²) in [5.74, 6) is -0.302. The summed E-state index contributed by atoms with van der Waals surface area (Å²) in [7, 11) is 0. The minimum Gasteiger partial charge on any atom is -0.350 e. The summed E-state index contributed by atoms with van der Waals surface area (Å²) in [4.78, 5) is 25.6. The average Bonchev–Trinajstić information content (AvgIpc) is 2.82. The molecule has 0 radical (unpaired) electrons. The van der Waals surface area contributed by atoms with Crippen molar-refractivity contribution in [1.29, 1.82) is 0 Å². The molecular weight excluding hydrogens is 396 g/mol. The minimum absolute atomic E-state index is 0.0960. The molecule has 0 bridgehead atoms. The van der Waals surface area contributed by atoms with Crippen molar-refractivity contribution >= 4 is 11.8 Å². The van der Waals surface area contributed by atoms with Crippen LogP contribution in [0.15, 0.2) is 78.9 Å². The third-order valence-electron chi connectivity index (χ3n) is 5.48. The Kier molecular flexibility index (Phi) is 8.61. The zero-order valence-corrected chi connectivity index (χ0v) is 18.9. The maximum Gasteiger partial charge on any atom is 0.247 e. The van der Waals surface area contributed by atoms with E-state index in [1.165, 1.54) is 0 Å². The Hall–Kier alpha value is -3.40. The topological polar surface area (TPSA) is 58.2 Å². The third kappa shape index (κ3) is 6.81. The van der Waals surface area contributed by atoms with E-state index in [1.807, 2.05) is 73.7 Å². The highest BCUT2D eigenvalue weighted by atomic mass is 16.2. The molecule has 166 valence electrons. The molecule has 3 rings (SSSR count). The molecule has 4 nitrogen and oxygen atoms in total. The molecule has 0 saturated carbocycles. The summed E-state index contributed by atoms with van der Waals surface area (Å²) in [5, 5.41) is 5.94. The zero-order valence-electron chi connectivity index (χ0n) is 18.9. The number of hydrogen-bond acceptors (Lipinski definition) is 2. The highest BCUT2D eigenvalue weighted by molar-refractivity contribution is 5.88. The van der Waals surface area contributed by atoms with E-state index in [-0.39, 0.29) is 11.8 Å². The first-order valence-electron chi connectivity index (χ1n) is 11.3. The molecule has 1 unspecified atom stereocenters. The second kappa shape index (κ2) is 11.8. The molecule has 0 aromatic heterocycles. The van der Waals surface area contributed by atoms with Crippen LogP contribution in [0.5, 0.6) is 0 Å². The maximum absolute atomic E-state index is 13.1. The van der Waals surface area contributed by atoms with Gasteiger partial charge in [-0.25, -0.2) is 0 Å². The van der Waals surface area contributed by atoms with E-state index in [0.717, 1.165) is 47.1 Å². The molecule has 2 amide bonds. The average molecular weight is 429 g/mol. The lowest BCUT2D eigenvalue weighted by Gasteiger charge is -2.19. The fourth-order valence-electron chi connectivity index (χ4n) is 3.68. The summed E-state index contributed by atoms with van der Waals surface area (Å²) >= 11 is 0. The van der Waals surface area contributed by atoms with Crippen LogP contribution in [0.3, 0.4) is 0 Å². The van der Waals surface area contributed by atoms with E-state index in [1.54, 1.807) is 0 Å². The summed E-state index contributed by atoms with van der Waals surface area (Å²) in [6.45, 7) is 4.55. The molecule has 0 aliphatic rings. The molecule has 0 spiro atoms. The minimum atomic E-state index is -0.723. The van der Waals surface area contributed by atoms with Crippen LogP contribution in [-0.2, 0) is 16.1 Å². The first-order chi connectivity index (χ1) is 15.6. The van der Waals surface area contributed by atoms with Crippen molar-refractivity contribution in [3.63, 3.8) is 0 Å². The van der Waals surface area contributed by atoms with Gasteiger partial charge in [0, 0.05) is 13.0 Å². The Balaban J connectivity index is 1.74. The third-order valence-corrected chi connectivity index (χ3v) is 5.48. The van der Waals surface area contributed by atoms with E-state index in [2.05, 4.69) is 29.7 Å². The fourth-order valence-corrected chi connectivity index (χ4v) is 3.68. The lowest BCUT2D eigenvalue weighted by molar-refractivity contribution is -0.129. The van der Waals surface area contributed by atoms with Gasteiger partial charge in [0.15, 0.2) is 0 Å². The molecule has 2 N–H and O–H groups in total. The predicted molar refractivity (Wildman–Crippen MR) is 130 cm³/mol. The highest BCUT2D eigenvalue weighted by Gasteiger charge is 2.22. The van der Waals surface area contributed by atoms with Gasteiger partial charge in [0.2, 0.25) is 11.8 Å². The molecule has 3 aromatic carbocycles. The SMILES string of the molecule is CCCCCC(=O)NC(C(=O)NCc1cccc(C)c1)c1ccc(-c2ccccc2)cc1. The van der Waals surface area contributed by atoms with Crippen LogP contribution in [0, 0.1) is 6.92 Å². The van der Waals surface area contributed by atoms with Crippen LogP contribution in [-0.4, -0.2) is 11.8 Å². The Bertz CT molecular complexity index is 1010. The van der Waals surface area contributed by atoms with Crippen molar-refractivity contribution in [2.75, 3.05) is 0 Å². The van der Waals surface area contributed by atoms with Crippen molar-refractivity contribution in [2.24, 2.45) is 0 Å². The first kappa shape index (κ1) is 23.3. The van der Waals surface area contributed by atoms with E-state index in [4.69, 9.17) is 0 Å². The summed E-state index contributed by atoms with van der Waals surface area (Å²) in [6, 6.07) is 25.2. The van der Waals surface area contributed by atoms with Crippen molar-refractivity contribution < 1.29 is 9.59 Å². The van der Waals surface area contributed by atoms with Crippen molar-refractivity contribution in [1.82, 2.24) is 10.6 Å². The number of unbranched alkanes of at least 4 members (excludes halogenated alkanes) is 2. The number of nitrogens with one attached hydrogen (secondary N) is 2. The van der Waals surface area contributed by atoms with Gasteiger partial charge in [-0.05, 0) is 35.6 Å². The monoisotopic (exact) mass is 428 g/mol. The molecule has 0 aliphatic heterocycles. The largest absolute Gasteiger partial charge is 0.350 e. The normalized spacial score (nSPS) is 11.6. The smallest absolute Gasteiger partial charge is 0.247 e. The molecule has 4 heteroatoms. The quantitative estimate of drug-likeness (QED) is 0.406. The van der Waals surface area contributed by atoms with Crippen LogP contribution < -0.4 is 10.6 Å². The Morgan fingerprint density at radius 2 is 1.56 bits per heavy atom. The van der Waals surface area contributed by atoms with E-state index in [9.17, 15) is 9.59 Å².